The van der Waals surface area contributed by atoms with Gasteiger partial charge < -0.3 is 10.4 Å². The second-order valence-corrected chi connectivity index (χ2v) is 4.36. The molecule has 0 saturated heterocycles. The third-order valence-corrected chi connectivity index (χ3v) is 2.81. The molecule has 0 spiro atoms. The lowest BCUT2D eigenvalue weighted by Crippen LogP contribution is -2.03. The van der Waals surface area contributed by atoms with E-state index in [4.69, 9.17) is 16.7 Å². The van der Waals surface area contributed by atoms with Crippen LogP contribution in [-0.4, -0.2) is 16.0 Å². The molecule has 2 N–H and O–H groups in total. The van der Waals surface area contributed by atoms with Crippen LogP contribution in [0.15, 0.2) is 42.5 Å². The van der Waals surface area contributed by atoms with Crippen LogP contribution in [0.2, 0.25) is 5.02 Å². The van der Waals surface area contributed by atoms with Crippen LogP contribution in [0.1, 0.15) is 10.4 Å². The van der Waals surface area contributed by atoms with Crippen molar-refractivity contribution in [2.75, 3.05) is 5.32 Å². The van der Waals surface area contributed by atoms with Gasteiger partial charge in [0.05, 0.1) is 4.92 Å². The SMILES string of the molecule is O=C(O)c1ccc(Nc2ccc(Cl)cc2)cc1[N+](=O)[O-]. The standard InChI is InChI=1S/C13H9ClN2O4/c14-8-1-3-9(4-2-8)15-10-5-6-11(13(17)18)12(7-10)16(19)20/h1-7,15H,(H,17,18). The Morgan fingerprint density at radius 2 is 1.75 bits per heavy atom. The monoisotopic (exact) mass is 292 g/mol. The molecular formula is C13H9ClN2O4. The molecule has 20 heavy (non-hydrogen) atoms. The molecule has 2 rings (SSSR count). The smallest absolute Gasteiger partial charge is 0.342 e. The van der Waals surface area contributed by atoms with Gasteiger partial charge in [-0.1, -0.05) is 11.6 Å². The predicted molar refractivity (Wildman–Crippen MR) is 74.8 cm³/mol. The number of nitrogens with one attached hydrogen (secondary N) is 1. The van der Waals surface area contributed by atoms with Gasteiger partial charge in [0.25, 0.3) is 5.69 Å². The highest BCUT2D eigenvalue weighted by Gasteiger charge is 2.19. The van der Waals surface area contributed by atoms with E-state index in [0.717, 1.165) is 0 Å². The highest BCUT2D eigenvalue weighted by Crippen LogP contribution is 2.26. The summed E-state index contributed by atoms with van der Waals surface area (Å²) in [6, 6.07) is 10.6. The number of nitrogens with zero attached hydrogens (tertiary/aromatic N) is 1. The number of anilines is 2. The van der Waals surface area contributed by atoms with E-state index >= 15 is 0 Å². The molecule has 0 aliphatic carbocycles. The van der Waals surface area contributed by atoms with Gasteiger partial charge in [0, 0.05) is 22.5 Å². The van der Waals surface area contributed by atoms with Gasteiger partial charge in [-0.3, -0.25) is 10.1 Å². The Kier molecular flexibility index (Phi) is 3.86. The number of carboxylic acid groups (broad SMARTS) is 1. The quantitative estimate of drug-likeness (QED) is 0.662. The molecule has 2 aromatic carbocycles. The molecular weight excluding hydrogens is 284 g/mol. The first kappa shape index (κ1) is 13.8. The minimum absolute atomic E-state index is 0.350. The first-order valence-corrected chi connectivity index (χ1v) is 5.89. The number of carbonyl (C=O) groups is 1. The van der Waals surface area contributed by atoms with Crippen LogP contribution in [-0.2, 0) is 0 Å². The van der Waals surface area contributed by atoms with E-state index in [9.17, 15) is 14.9 Å². The highest BCUT2D eigenvalue weighted by atomic mass is 35.5. The normalized spacial score (nSPS) is 10.1. The van der Waals surface area contributed by atoms with E-state index < -0.39 is 16.6 Å². The maximum absolute atomic E-state index is 10.9. The van der Waals surface area contributed by atoms with Gasteiger partial charge in [-0.05, 0) is 36.4 Å². The molecule has 0 atom stereocenters. The first-order chi connectivity index (χ1) is 9.47. The Balaban J connectivity index is 2.34. The fourth-order valence-corrected chi connectivity index (χ4v) is 1.77. The van der Waals surface area contributed by atoms with Gasteiger partial charge >= 0.3 is 5.97 Å². The summed E-state index contributed by atoms with van der Waals surface area (Å²) in [5.41, 5.74) is 0.295. The largest absolute Gasteiger partial charge is 0.477 e. The Morgan fingerprint density at radius 1 is 1.15 bits per heavy atom. The molecule has 0 amide bonds. The van der Waals surface area contributed by atoms with Crippen LogP contribution in [0.4, 0.5) is 17.1 Å². The molecule has 7 heteroatoms. The molecule has 0 bridgehead atoms. The molecule has 0 unspecified atom stereocenters. The molecule has 0 radical (unpaired) electrons. The third-order valence-electron chi connectivity index (χ3n) is 2.56. The molecule has 0 fully saturated rings. The predicted octanol–water partition coefficient (Wildman–Crippen LogP) is 3.69. The van der Waals surface area contributed by atoms with Crippen molar-refractivity contribution in [1.29, 1.82) is 0 Å². The Hall–Kier alpha value is -2.60. The number of nitro benzene ring substituents is 1. The molecule has 0 heterocycles. The number of carboxylic acids is 1. The van der Waals surface area contributed by atoms with Gasteiger partial charge in [0.2, 0.25) is 0 Å². The average Bonchev–Trinajstić information content (AvgIpc) is 2.41. The average molecular weight is 293 g/mol. The van der Waals surface area contributed by atoms with E-state index in [0.29, 0.717) is 16.4 Å². The van der Waals surface area contributed by atoms with Crippen molar-refractivity contribution in [3.63, 3.8) is 0 Å². The minimum Gasteiger partial charge on any atom is -0.477 e. The van der Waals surface area contributed by atoms with Crippen LogP contribution in [0.3, 0.4) is 0 Å². The van der Waals surface area contributed by atoms with Crippen LogP contribution < -0.4 is 5.32 Å². The summed E-state index contributed by atoms with van der Waals surface area (Å²) < 4.78 is 0. The van der Waals surface area contributed by atoms with Crippen molar-refractivity contribution in [2.24, 2.45) is 0 Å². The number of hydrogen-bond donors (Lipinski definition) is 2. The number of halogens is 1. The van der Waals surface area contributed by atoms with Gasteiger partial charge in [-0.2, -0.15) is 0 Å². The van der Waals surface area contributed by atoms with Crippen LogP contribution in [0.25, 0.3) is 0 Å². The maximum atomic E-state index is 10.9. The lowest BCUT2D eigenvalue weighted by molar-refractivity contribution is -0.385. The molecule has 0 aliphatic rings. The van der Waals surface area contributed by atoms with Crippen molar-refractivity contribution in [3.8, 4) is 0 Å². The topological polar surface area (TPSA) is 92.5 Å². The summed E-state index contributed by atoms with van der Waals surface area (Å²) in [6.07, 6.45) is 0. The van der Waals surface area contributed by atoms with E-state index in [1.54, 1.807) is 24.3 Å². The summed E-state index contributed by atoms with van der Waals surface area (Å²) >= 11 is 5.75. The van der Waals surface area contributed by atoms with Gasteiger partial charge in [0.15, 0.2) is 0 Å². The lowest BCUT2D eigenvalue weighted by Gasteiger charge is -2.07. The van der Waals surface area contributed by atoms with Crippen LogP contribution in [0, 0.1) is 10.1 Å². The molecule has 6 nitrogen and oxygen atoms in total. The zero-order chi connectivity index (χ0) is 14.7. The number of rotatable bonds is 4. The van der Waals surface area contributed by atoms with Crippen molar-refractivity contribution in [3.05, 3.63) is 63.2 Å². The van der Waals surface area contributed by atoms with Gasteiger partial charge in [0.1, 0.15) is 5.56 Å². The fraction of sp³-hybridized carbons (Fsp3) is 0. The zero-order valence-corrected chi connectivity index (χ0v) is 10.8. The molecule has 0 saturated carbocycles. The van der Waals surface area contributed by atoms with Crippen molar-refractivity contribution in [2.45, 2.75) is 0 Å². The molecule has 0 aliphatic heterocycles. The summed E-state index contributed by atoms with van der Waals surface area (Å²) in [5.74, 6) is -1.34. The number of nitro groups is 1. The Morgan fingerprint density at radius 3 is 2.30 bits per heavy atom. The van der Waals surface area contributed by atoms with E-state index in [1.807, 2.05) is 0 Å². The zero-order valence-electron chi connectivity index (χ0n) is 10.0. The van der Waals surface area contributed by atoms with Gasteiger partial charge in [-0.15, -0.1) is 0 Å². The minimum atomic E-state index is -1.34. The Labute approximate surface area is 118 Å². The number of benzene rings is 2. The highest BCUT2D eigenvalue weighted by molar-refractivity contribution is 6.30. The summed E-state index contributed by atoms with van der Waals surface area (Å²) in [5, 5.41) is 23.3. The van der Waals surface area contributed by atoms with E-state index in [1.165, 1.54) is 18.2 Å². The summed E-state index contributed by atoms with van der Waals surface area (Å²) in [7, 11) is 0. The fourth-order valence-electron chi connectivity index (χ4n) is 1.64. The van der Waals surface area contributed by atoms with Crippen molar-refractivity contribution < 1.29 is 14.8 Å². The van der Waals surface area contributed by atoms with Crippen LogP contribution >= 0.6 is 11.6 Å². The van der Waals surface area contributed by atoms with Crippen molar-refractivity contribution >= 4 is 34.6 Å². The second-order valence-electron chi connectivity index (χ2n) is 3.93. The van der Waals surface area contributed by atoms with Gasteiger partial charge in [-0.25, -0.2) is 4.79 Å². The number of aromatic carboxylic acids is 1. The molecule has 2 aromatic rings. The number of hydrogen-bond acceptors (Lipinski definition) is 4. The van der Waals surface area contributed by atoms with Crippen LogP contribution in [0.5, 0.6) is 0 Å². The molecule has 0 aromatic heterocycles. The molecule has 102 valence electrons. The lowest BCUT2D eigenvalue weighted by atomic mass is 10.1. The first-order valence-electron chi connectivity index (χ1n) is 5.51. The van der Waals surface area contributed by atoms with E-state index in [2.05, 4.69) is 5.32 Å². The van der Waals surface area contributed by atoms with E-state index in [-0.39, 0.29) is 5.56 Å². The Bertz CT molecular complexity index is 671. The maximum Gasteiger partial charge on any atom is 0.342 e. The summed E-state index contributed by atoms with van der Waals surface area (Å²) in [4.78, 5) is 21.0. The van der Waals surface area contributed by atoms with Crippen molar-refractivity contribution in [1.82, 2.24) is 0 Å². The third kappa shape index (κ3) is 3.04. The second kappa shape index (κ2) is 5.58. The summed E-state index contributed by atoms with van der Waals surface area (Å²) in [6.45, 7) is 0.